The van der Waals surface area contributed by atoms with Gasteiger partial charge >= 0.3 is 11.9 Å². The summed E-state index contributed by atoms with van der Waals surface area (Å²) in [5.41, 5.74) is 0. The monoisotopic (exact) mass is 362 g/mol. The molecule has 126 valence electrons. The average Bonchev–Trinajstić information content (AvgIpc) is 2.55. The van der Waals surface area contributed by atoms with Gasteiger partial charge < -0.3 is 10.2 Å². The van der Waals surface area contributed by atoms with Crippen LogP contribution in [0.4, 0.5) is 0 Å². The predicted octanol–water partition coefficient (Wildman–Crippen LogP) is 4.26. The molecule has 0 radical (unpaired) electrons. The van der Waals surface area contributed by atoms with Gasteiger partial charge in [-0.05, 0) is 30.7 Å². The lowest BCUT2D eigenvalue weighted by atomic mass is 10.2. The number of thioether (sulfide) groups is 2. The van der Waals surface area contributed by atoms with Gasteiger partial charge in [-0.1, -0.05) is 36.4 Å². The molecule has 4 nitrogen and oxygen atoms in total. The second-order valence-corrected chi connectivity index (χ2v) is 7.79. The van der Waals surface area contributed by atoms with Gasteiger partial charge in [-0.2, -0.15) is 0 Å². The van der Waals surface area contributed by atoms with Crippen LogP contribution in [-0.4, -0.2) is 32.7 Å². The summed E-state index contributed by atoms with van der Waals surface area (Å²) in [7, 11) is 0. The largest absolute Gasteiger partial charge is 0.481 e. The lowest BCUT2D eigenvalue weighted by Crippen LogP contribution is -2.23. The van der Waals surface area contributed by atoms with Gasteiger partial charge in [0.15, 0.2) is 0 Å². The molecule has 0 amide bonds. The van der Waals surface area contributed by atoms with Crippen LogP contribution in [0.25, 0.3) is 0 Å². The molecule has 2 aromatic rings. The van der Waals surface area contributed by atoms with Gasteiger partial charge in [0.2, 0.25) is 0 Å². The van der Waals surface area contributed by atoms with Gasteiger partial charge in [-0.25, -0.2) is 0 Å². The summed E-state index contributed by atoms with van der Waals surface area (Å²) in [6, 6.07) is 18.8. The number of carboxylic acid groups (broad SMARTS) is 2. The normalized spacial score (nSPS) is 13.2. The SMILES string of the molecule is O=C(O)CC(CC(Sc1ccccc1)C(=O)O)Sc1ccccc1. The van der Waals surface area contributed by atoms with Crippen LogP contribution in [0, 0.1) is 0 Å². The van der Waals surface area contributed by atoms with Crippen molar-refractivity contribution in [3.8, 4) is 0 Å². The van der Waals surface area contributed by atoms with Crippen molar-refractivity contribution in [3.63, 3.8) is 0 Å². The second kappa shape index (κ2) is 9.39. The van der Waals surface area contributed by atoms with Crippen LogP contribution in [0.15, 0.2) is 70.5 Å². The Morgan fingerprint density at radius 2 is 1.33 bits per heavy atom. The van der Waals surface area contributed by atoms with Crippen LogP contribution >= 0.6 is 23.5 Å². The summed E-state index contributed by atoms with van der Waals surface area (Å²) in [4.78, 5) is 24.5. The third-order valence-electron chi connectivity index (χ3n) is 3.22. The maximum atomic E-state index is 11.6. The molecule has 0 saturated carbocycles. The number of carboxylic acids is 2. The first kappa shape index (κ1) is 18.4. The van der Waals surface area contributed by atoms with Gasteiger partial charge in [0.25, 0.3) is 0 Å². The van der Waals surface area contributed by atoms with Crippen LogP contribution in [-0.2, 0) is 9.59 Å². The van der Waals surface area contributed by atoms with Crippen molar-refractivity contribution in [1.82, 2.24) is 0 Å². The fourth-order valence-electron chi connectivity index (χ4n) is 2.16. The quantitative estimate of drug-likeness (QED) is 0.649. The summed E-state index contributed by atoms with van der Waals surface area (Å²) < 4.78 is 0. The number of carbonyl (C=O) groups is 2. The molecule has 2 unspecified atom stereocenters. The molecule has 2 atom stereocenters. The first-order valence-corrected chi connectivity index (χ1v) is 9.18. The van der Waals surface area contributed by atoms with E-state index in [1.54, 1.807) is 0 Å². The maximum Gasteiger partial charge on any atom is 0.317 e. The number of benzene rings is 2. The van der Waals surface area contributed by atoms with Crippen molar-refractivity contribution in [3.05, 3.63) is 60.7 Å². The smallest absolute Gasteiger partial charge is 0.317 e. The Morgan fingerprint density at radius 3 is 1.79 bits per heavy atom. The van der Waals surface area contributed by atoms with Gasteiger partial charge in [-0.15, -0.1) is 23.5 Å². The molecule has 6 heteroatoms. The Labute approximate surface area is 149 Å². The first-order chi connectivity index (χ1) is 11.5. The molecule has 2 N–H and O–H groups in total. The fraction of sp³-hybridized carbons (Fsp3) is 0.222. The Balaban J connectivity index is 2.09. The van der Waals surface area contributed by atoms with Gasteiger partial charge in [0.05, 0.1) is 6.42 Å². The second-order valence-electron chi connectivity index (χ2n) is 5.14. The molecule has 2 rings (SSSR count). The fourth-order valence-corrected chi connectivity index (χ4v) is 4.57. The standard InChI is InChI=1S/C18H18O4S2/c19-17(20)12-15(23-13-7-3-1-4-8-13)11-16(18(21)22)24-14-9-5-2-6-10-14/h1-10,15-16H,11-12H2,(H,19,20)(H,21,22). The highest BCUT2D eigenvalue weighted by Gasteiger charge is 2.26. The number of aliphatic carboxylic acids is 2. The summed E-state index contributed by atoms with van der Waals surface area (Å²) in [6.07, 6.45) is 0.208. The minimum atomic E-state index is -0.923. The predicted molar refractivity (Wildman–Crippen MR) is 96.7 cm³/mol. The Bertz CT molecular complexity index is 661. The highest BCUT2D eigenvalue weighted by atomic mass is 32.2. The number of rotatable bonds is 9. The average molecular weight is 362 g/mol. The number of hydrogen-bond acceptors (Lipinski definition) is 4. The molecule has 0 aliphatic rings. The van der Waals surface area contributed by atoms with E-state index >= 15 is 0 Å². The minimum absolute atomic E-state index is 0.0707. The molecule has 0 aliphatic heterocycles. The Hall–Kier alpha value is -1.92. The van der Waals surface area contributed by atoms with Crippen LogP contribution < -0.4 is 0 Å². The zero-order valence-corrected chi connectivity index (χ0v) is 14.5. The van der Waals surface area contributed by atoms with E-state index < -0.39 is 17.2 Å². The summed E-state index contributed by atoms with van der Waals surface area (Å²) in [5.74, 6) is -1.84. The summed E-state index contributed by atoms with van der Waals surface area (Å²) in [6.45, 7) is 0. The third-order valence-corrected chi connectivity index (χ3v) is 5.68. The van der Waals surface area contributed by atoms with Crippen LogP contribution in [0.1, 0.15) is 12.8 Å². The van der Waals surface area contributed by atoms with E-state index in [4.69, 9.17) is 5.11 Å². The van der Waals surface area contributed by atoms with Crippen LogP contribution in [0.5, 0.6) is 0 Å². The van der Waals surface area contributed by atoms with Crippen molar-refractivity contribution in [2.45, 2.75) is 33.1 Å². The molecule has 2 aromatic carbocycles. The van der Waals surface area contributed by atoms with E-state index in [-0.39, 0.29) is 18.1 Å². The highest BCUT2D eigenvalue weighted by Crippen LogP contribution is 2.34. The molecule has 0 fully saturated rings. The molecule has 0 bridgehead atoms. The van der Waals surface area contributed by atoms with Crippen molar-refractivity contribution in [2.24, 2.45) is 0 Å². The van der Waals surface area contributed by atoms with E-state index in [0.29, 0.717) is 0 Å². The maximum absolute atomic E-state index is 11.6. The lowest BCUT2D eigenvalue weighted by molar-refractivity contribution is -0.138. The minimum Gasteiger partial charge on any atom is -0.481 e. The molecule has 0 aromatic heterocycles. The Kier molecular flexibility index (Phi) is 7.21. The van der Waals surface area contributed by atoms with Crippen molar-refractivity contribution in [2.75, 3.05) is 0 Å². The zero-order chi connectivity index (χ0) is 17.4. The zero-order valence-electron chi connectivity index (χ0n) is 12.9. The van der Waals surface area contributed by atoms with E-state index in [1.165, 1.54) is 23.5 Å². The topological polar surface area (TPSA) is 74.6 Å². The molecule has 0 saturated heterocycles. The van der Waals surface area contributed by atoms with E-state index in [2.05, 4.69) is 0 Å². The lowest BCUT2D eigenvalue weighted by Gasteiger charge is -2.19. The highest BCUT2D eigenvalue weighted by molar-refractivity contribution is 8.01. The Morgan fingerprint density at radius 1 is 0.833 bits per heavy atom. The van der Waals surface area contributed by atoms with Gasteiger partial charge in [-0.3, -0.25) is 9.59 Å². The van der Waals surface area contributed by atoms with Crippen LogP contribution in [0.2, 0.25) is 0 Å². The summed E-state index contributed by atoms with van der Waals surface area (Å²) >= 11 is 2.67. The molecule has 24 heavy (non-hydrogen) atoms. The molecular formula is C18H18O4S2. The van der Waals surface area contributed by atoms with Crippen molar-refractivity contribution >= 4 is 35.5 Å². The number of hydrogen-bond donors (Lipinski definition) is 2. The van der Waals surface area contributed by atoms with Crippen molar-refractivity contribution < 1.29 is 19.8 Å². The third kappa shape index (κ3) is 6.29. The van der Waals surface area contributed by atoms with E-state index in [1.807, 2.05) is 60.7 Å². The molecule has 0 spiro atoms. The van der Waals surface area contributed by atoms with E-state index in [9.17, 15) is 14.7 Å². The molecule has 0 heterocycles. The summed E-state index contributed by atoms with van der Waals surface area (Å²) in [5, 5.41) is 17.7. The van der Waals surface area contributed by atoms with Gasteiger partial charge in [0, 0.05) is 15.0 Å². The first-order valence-electron chi connectivity index (χ1n) is 7.42. The molecule has 0 aliphatic carbocycles. The van der Waals surface area contributed by atoms with Gasteiger partial charge in [0.1, 0.15) is 5.25 Å². The van der Waals surface area contributed by atoms with E-state index in [0.717, 1.165) is 9.79 Å². The molecular weight excluding hydrogens is 344 g/mol. The van der Waals surface area contributed by atoms with Crippen molar-refractivity contribution in [1.29, 1.82) is 0 Å². The van der Waals surface area contributed by atoms with Crippen LogP contribution in [0.3, 0.4) is 0 Å².